The molecule has 4 atom stereocenters. The Labute approximate surface area is 601 Å². The van der Waals surface area contributed by atoms with E-state index < -0.39 is 94.8 Å². The summed E-state index contributed by atoms with van der Waals surface area (Å²) in [6.45, 7) is 23.1. The number of nitrogens with one attached hydrogen (secondary N) is 3. The number of ether oxygens (including phenoxy) is 6. The van der Waals surface area contributed by atoms with E-state index in [0.717, 1.165) is 43.8 Å². The Hall–Kier alpha value is -9.68. The van der Waals surface area contributed by atoms with Crippen molar-refractivity contribution in [1.29, 1.82) is 0 Å². The van der Waals surface area contributed by atoms with Crippen LogP contribution in [-0.4, -0.2) is 139 Å². The van der Waals surface area contributed by atoms with Crippen LogP contribution < -0.4 is 34.8 Å². The summed E-state index contributed by atoms with van der Waals surface area (Å²) >= 11 is 0. The number of aliphatic hydroxyl groups is 1. The summed E-state index contributed by atoms with van der Waals surface area (Å²) in [6, 6.07) is 40.3. The predicted molar refractivity (Wildman–Crippen MR) is 370 cm³/mol. The summed E-state index contributed by atoms with van der Waals surface area (Å²) in [5.74, 6) is -6.13. The zero-order chi connectivity index (χ0) is 72.4. The molecule has 25 nitrogen and oxygen atoms in total. The van der Waals surface area contributed by atoms with E-state index in [2.05, 4.69) is 16.0 Å². The van der Waals surface area contributed by atoms with Crippen molar-refractivity contribution >= 4 is 54.2 Å². The fourth-order valence-electron chi connectivity index (χ4n) is 9.56. The number of aliphatic hydroxyl groups excluding tert-OH is 1. The summed E-state index contributed by atoms with van der Waals surface area (Å²) in [6.07, 6.45) is -2.28. The third-order valence-electron chi connectivity index (χ3n) is 14.2. The molecule has 0 bridgehead atoms. The molecule has 0 spiro atoms. The minimum Gasteiger partial charge on any atom is -0.870 e. The number of alkyl carbamates (subject to hydrolysis) is 3. The molecular formula is C74H95FLiN4O21-. The van der Waals surface area contributed by atoms with Crippen LogP contribution in [0.2, 0.25) is 0 Å². The zero-order valence-corrected chi connectivity index (χ0v) is 59.9. The first kappa shape index (κ1) is 91.3. The average Bonchev–Trinajstić information content (AvgIpc) is 1.73. The molecule has 7 rings (SSSR count). The van der Waals surface area contributed by atoms with Crippen LogP contribution in [0.5, 0.6) is 0 Å². The fraction of sp³-hybridized carbons (Fsp3) is 0.378. The number of carboxylic acid groups (broad SMARTS) is 2. The maximum atomic E-state index is 13.9. The van der Waals surface area contributed by atoms with Gasteiger partial charge in [0.15, 0.2) is 0 Å². The third-order valence-corrected chi connectivity index (χ3v) is 14.2. The minimum absolute atomic E-state index is 0. The van der Waals surface area contributed by atoms with E-state index in [1.54, 1.807) is 147 Å². The molecule has 1 fully saturated rings. The van der Waals surface area contributed by atoms with Gasteiger partial charge in [0.05, 0.1) is 41.5 Å². The molecule has 546 valence electrons. The molecule has 9 N–H and O–H groups in total. The predicted octanol–water partition coefficient (Wildman–Crippen LogP) is 9.53. The Morgan fingerprint density at radius 1 is 0.515 bits per heavy atom. The van der Waals surface area contributed by atoms with Gasteiger partial charge >= 0.3 is 67.1 Å². The molecule has 5 amide bonds. The topological polar surface area (TPSA) is 379 Å². The molecule has 0 aliphatic carbocycles. The number of nitrogens with zero attached hydrogens (tertiary/aromatic N) is 1. The number of aliphatic carboxylic acids is 2. The number of hydrogen-bond acceptors (Lipinski definition) is 19. The SMILES string of the molecule is CC(C)(C)OC(=O)NC[C@@H](C(=O)O)c1ccc(CO)cc1.Cc1ccc(C(=O)OCc2ccc([C@@H](CNC(=O)OC(C)(C)C)C(=O)N3C(=O)OC[C@H]3Cc3ccccc3)cc2)c(C)c1.Cc1ccc(C(=O)OCc2ccc([C@@H](CNC(=O)OC(C)(C)C)C(=O)O)cc2)c(C)c1.F.OO.[CH3-].[Li+].[OH-]. The van der Waals surface area contributed by atoms with Crippen LogP contribution in [0, 0.1) is 35.1 Å². The number of amides is 5. The molecule has 6 aromatic rings. The second-order valence-electron chi connectivity index (χ2n) is 25.8. The fourth-order valence-corrected chi connectivity index (χ4v) is 9.56. The van der Waals surface area contributed by atoms with Crippen molar-refractivity contribution in [1.82, 2.24) is 20.9 Å². The molecule has 0 radical (unpaired) electrons. The van der Waals surface area contributed by atoms with Crippen LogP contribution in [0.1, 0.15) is 162 Å². The van der Waals surface area contributed by atoms with Gasteiger partial charge in [-0.15, -0.1) is 0 Å². The first-order valence-electron chi connectivity index (χ1n) is 31.1. The van der Waals surface area contributed by atoms with Crippen LogP contribution >= 0.6 is 0 Å². The van der Waals surface area contributed by atoms with E-state index in [0.29, 0.717) is 39.8 Å². The van der Waals surface area contributed by atoms with Crippen molar-refractivity contribution in [2.45, 2.75) is 157 Å². The van der Waals surface area contributed by atoms with E-state index in [4.69, 9.17) is 44.0 Å². The number of carbonyl (C=O) groups excluding carboxylic acids is 7. The van der Waals surface area contributed by atoms with Gasteiger partial charge in [-0.3, -0.25) is 29.6 Å². The van der Waals surface area contributed by atoms with Crippen molar-refractivity contribution in [3.8, 4) is 0 Å². The van der Waals surface area contributed by atoms with Gasteiger partial charge in [0, 0.05) is 19.6 Å². The molecule has 0 saturated carbocycles. The normalized spacial score (nSPS) is 12.9. The van der Waals surface area contributed by atoms with Gasteiger partial charge in [0.1, 0.15) is 36.6 Å². The Balaban J connectivity index is 0.00000152. The van der Waals surface area contributed by atoms with E-state index in [-0.39, 0.29) is 82.5 Å². The van der Waals surface area contributed by atoms with Crippen molar-refractivity contribution < 1.29 is 126 Å². The molecule has 1 heterocycles. The number of rotatable bonds is 21. The van der Waals surface area contributed by atoms with Gasteiger partial charge in [-0.25, -0.2) is 33.7 Å². The van der Waals surface area contributed by atoms with E-state index in [9.17, 15) is 53.4 Å². The molecule has 1 aliphatic rings. The molecule has 27 heteroatoms. The van der Waals surface area contributed by atoms with Crippen molar-refractivity contribution in [3.63, 3.8) is 0 Å². The summed E-state index contributed by atoms with van der Waals surface area (Å²) < 4.78 is 31.7. The zero-order valence-electron chi connectivity index (χ0n) is 59.9. The van der Waals surface area contributed by atoms with E-state index in [1.807, 2.05) is 82.3 Å². The number of imide groups is 1. The molecule has 1 saturated heterocycles. The standard InChI is InChI=1S/C34H38N2O7.C24H29NO6.C15H21NO5.CH3.FH.Li.H2O2.H2O/c1-22-11-16-28(23(2)17-22)31(38)41-20-25-12-14-26(15-13-25)29(19-35-32(39)43-34(3,4)5)30(37)36-27(21-42-33(36)40)18-24-9-7-6-8-10-24;1-15-6-11-19(16(2)12-15)22(28)30-14-17-7-9-18(10-8-17)20(21(26)27)13-25-23(29)31-24(3,4)5;1-15(2,3)21-14(20)16-8-12(13(18)19)11-6-4-10(9-17)5-7-11;;;;1-2;/h6-17,27,29H,18-21H2,1-5H3,(H,35,39);6-12,20H,13-14H2,1-5H3,(H,25,29)(H,26,27);4-7,12,17H,8-9H2,1-3H3,(H,16,20)(H,18,19);1H3;1H;;1-2H;1H2/q;;;-1;;+1;;/p-1/t27-,29-;20-;12-;;;;;/m111...../s1. The number of aryl methyl sites for hydroxylation is 4. The number of benzene rings is 6. The molecular weight excluding hydrogens is 1310 g/mol. The van der Waals surface area contributed by atoms with Gasteiger partial charge in [-0.05, 0) is 159 Å². The second kappa shape index (κ2) is 43.1. The van der Waals surface area contributed by atoms with Crippen molar-refractivity contribution in [3.05, 3.63) is 219 Å². The number of halogens is 1. The molecule has 101 heavy (non-hydrogen) atoms. The first-order chi connectivity index (χ1) is 45.6. The molecule has 6 aromatic carbocycles. The van der Waals surface area contributed by atoms with Crippen LogP contribution in [-0.2, 0) is 69.0 Å². The third kappa shape index (κ3) is 31.6. The summed E-state index contributed by atoms with van der Waals surface area (Å²) in [7, 11) is 0. The van der Waals surface area contributed by atoms with Crippen LogP contribution in [0.3, 0.4) is 0 Å². The number of esters is 2. The molecule has 0 unspecified atom stereocenters. The number of cyclic esters (lactones) is 1. The van der Waals surface area contributed by atoms with Gasteiger partial charge in [-0.2, -0.15) is 0 Å². The first-order valence-corrected chi connectivity index (χ1v) is 31.1. The molecule has 0 aromatic heterocycles. The second-order valence-corrected chi connectivity index (χ2v) is 25.8. The monoisotopic (exact) mass is 1400 g/mol. The summed E-state index contributed by atoms with van der Waals surface area (Å²) in [5.41, 5.74) is 7.56. The summed E-state index contributed by atoms with van der Waals surface area (Å²) in [4.78, 5) is 112. The van der Waals surface area contributed by atoms with Crippen molar-refractivity contribution in [2.75, 3.05) is 26.2 Å². The van der Waals surface area contributed by atoms with Crippen LogP contribution in [0.15, 0.2) is 140 Å². The van der Waals surface area contributed by atoms with Crippen LogP contribution in [0.4, 0.5) is 23.9 Å². The van der Waals surface area contributed by atoms with E-state index >= 15 is 0 Å². The smallest absolute Gasteiger partial charge is 0.870 e. The average molecular weight is 1400 g/mol. The maximum absolute atomic E-state index is 13.9. The minimum atomic E-state index is -1.06. The number of carbonyl (C=O) groups is 9. The quantitative estimate of drug-likeness (QED) is 0.00829. The number of carboxylic acids is 2. The van der Waals surface area contributed by atoms with Gasteiger partial charge in [0.2, 0.25) is 5.91 Å². The van der Waals surface area contributed by atoms with Crippen molar-refractivity contribution in [2.24, 2.45) is 0 Å². The Bertz CT molecular complexity index is 3630. The van der Waals surface area contributed by atoms with Crippen LogP contribution in [0.25, 0.3) is 0 Å². The Morgan fingerprint density at radius 3 is 1.18 bits per heavy atom. The number of hydrogen-bond donors (Lipinski definition) is 8. The summed E-state index contributed by atoms with van der Waals surface area (Å²) in [5, 5.41) is 47.4. The van der Waals surface area contributed by atoms with Gasteiger partial charge in [-0.1, -0.05) is 139 Å². The maximum Gasteiger partial charge on any atom is 1.00 e. The van der Waals surface area contributed by atoms with Gasteiger partial charge in [0.25, 0.3) is 0 Å². The Morgan fingerprint density at radius 2 is 0.851 bits per heavy atom. The largest absolute Gasteiger partial charge is 1.00 e. The van der Waals surface area contributed by atoms with E-state index in [1.165, 1.54) is 0 Å². The molecule has 1 aliphatic heterocycles. The Kier molecular flexibility index (Phi) is 39.0. The van der Waals surface area contributed by atoms with Gasteiger partial charge < -0.3 is 72.6 Å².